The Bertz CT molecular complexity index is 638. The zero-order valence-electron chi connectivity index (χ0n) is 10.7. The largest absolute Gasteiger partial charge is 0.478 e. The first kappa shape index (κ1) is 14.5. The van der Waals surface area contributed by atoms with Crippen molar-refractivity contribution in [2.75, 3.05) is 11.5 Å². The van der Waals surface area contributed by atoms with E-state index in [0.29, 0.717) is 12.0 Å². The molecule has 6 nitrogen and oxygen atoms in total. The number of benzene rings is 1. The second-order valence-electron chi connectivity index (χ2n) is 4.81. The van der Waals surface area contributed by atoms with Crippen LogP contribution in [0, 0.1) is 0 Å². The van der Waals surface area contributed by atoms with Gasteiger partial charge in [0.1, 0.15) is 0 Å². The molecule has 1 aromatic carbocycles. The average molecular weight is 297 g/mol. The van der Waals surface area contributed by atoms with Gasteiger partial charge in [-0.15, -0.1) is 0 Å². The van der Waals surface area contributed by atoms with Gasteiger partial charge >= 0.3 is 5.97 Å². The third kappa shape index (κ3) is 3.57. The van der Waals surface area contributed by atoms with Crippen molar-refractivity contribution in [1.29, 1.82) is 0 Å². The lowest BCUT2D eigenvalue weighted by Gasteiger charge is -2.11. The lowest BCUT2D eigenvalue weighted by atomic mass is 10.0. The molecule has 1 aliphatic heterocycles. The summed E-state index contributed by atoms with van der Waals surface area (Å²) in [6.45, 7) is 0. The molecule has 1 atom stereocenters. The topological polar surface area (TPSA) is 101 Å². The van der Waals surface area contributed by atoms with Crippen LogP contribution in [-0.2, 0) is 21.1 Å². The molecule has 0 bridgehead atoms. The van der Waals surface area contributed by atoms with E-state index >= 15 is 0 Å². The fourth-order valence-electron chi connectivity index (χ4n) is 2.24. The Balaban J connectivity index is 2.01. The number of carbonyl (C=O) groups excluding carboxylic acids is 1. The van der Waals surface area contributed by atoms with Crippen molar-refractivity contribution in [3.63, 3.8) is 0 Å². The van der Waals surface area contributed by atoms with Crippen LogP contribution in [0.15, 0.2) is 24.3 Å². The minimum absolute atomic E-state index is 0.0423. The van der Waals surface area contributed by atoms with Crippen molar-refractivity contribution in [3.8, 4) is 0 Å². The summed E-state index contributed by atoms with van der Waals surface area (Å²) in [5.41, 5.74) is 0.500. The van der Waals surface area contributed by atoms with Crippen LogP contribution in [0.5, 0.6) is 0 Å². The third-order valence-electron chi connectivity index (χ3n) is 3.20. The third-order valence-corrected chi connectivity index (χ3v) is 4.96. The van der Waals surface area contributed by atoms with E-state index in [1.54, 1.807) is 18.2 Å². The number of nitrogens with one attached hydrogen (secondary N) is 1. The zero-order chi connectivity index (χ0) is 14.8. The molecule has 2 N–H and O–H groups in total. The Morgan fingerprint density at radius 2 is 2.00 bits per heavy atom. The minimum atomic E-state index is -3.04. The highest BCUT2D eigenvalue weighted by Gasteiger charge is 2.29. The van der Waals surface area contributed by atoms with Crippen LogP contribution in [-0.4, -0.2) is 42.9 Å². The van der Waals surface area contributed by atoms with E-state index in [9.17, 15) is 18.0 Å². The van der Waals surface area contributed by atoms with Crippen LogP contribution in [0.25, 0.3) is 0 Å². The first-order valence-corrected chi connectivity index (χ1v) is 8.00. The molecule has 0 radical (unpaired) electrons. The molecule has 1 unspecified atom stereocenters. The zero-order valence-corrected chi connectivity index (χ0v) is 11.5. The summed E-state index contributed by atoms with van der Waals surface area (Å²) in [5, 5.41) is 11.7. The van der Waals surface area contributed by atoms with Crippen LogP contribution in [0.3, 0.4) is 0 Å². The SMILES string of the molecule is O=C(Cc1ccccc1C(=O)O)NC1CCS(=O)(=O)C1. The number of carboxylic acid groups (broad SMARTS) is 1. The molecule has 0 spiro atoms. The van der Waals surface area contributed by atoms with Gasteiger partial charge in [0.25, 0.3) is 0 Å². The van der Waals surface area contributed by atoms with Crippen LogP contribution < -0.4 is 5.32 Å². The molecular weight excluding hydrogens is 282 g/mol. The monoisotopic (exact) mass is 297 g/mol. The predicted octanol–water partition coefficient (Wildman–Crippen LogP) is 0.231. The number of aromatic carboxylic acids is 1. The molecule has 2 rings (SSSR count). The van der Waals surface area contributed by atoms with Gasteiger partial charge in [0, 0.05) is 6.04 Å². The Hall–Kier alpha value is -1.89. The molecule has 1 aromatic rings. The molecule has 1 saturated heterocycles. The van der Waals surface area contributed by atoms with Crippen molar-refractivity contribution in [1.82, 2.24) is 5.32 Å². The van der Waals surface area contributed by atoms with E-state index in [2.05, 4.69) is 5.32 Å². The fraction of sp³-hybridized carbons (Fsp3) is 0.385. The number of hydrogen-bond donors (Lipinski definition) is 2. The van der Waals surface area contributed by atoms with E-state index in [1.807, 2.05) is 0 Å². The summed E-state index contributed by atoms with van der Waals surface area (Å²) >= 11 is 0. The van der Waals surface area contributed by atoms with Crippen LogP contribution >= 0.6 is 0 Å². The molecule has 108 valence electrons. The molecule has 7 heteroatoms. The van der Waals surface area contributed by atoms with E-state index in [0.717, 1.165) is 0 Å². The molecule has 1 heterocycles. The average Bonchev–Trinajstić information content (AvgIpc) is 2.68. The van der Waals surface area contributed by atoms with Gasteiger partial charge in [-0.3, -0.25) is 4.79 Å². The quantitative estimate of drug-likeness (QED) is 0.828. The van der Waals surface area contributed by atoms with Crippen molar-refractivity contribution in [3.05, 3.63) is 35.4 Å². The molecule has 1 fully saturated rings. The van der Waals surface area contributed by atoms with Gasteiger partial charge in [-0.1, -0.05) is 18.2 Å². The standard InChI is InChI=1S/C13H15NO5S/c15-12(14-10-5-6-20(18,19)8-10)7-9-3-1-2-4-11(9)13(16)17/h1-4,10H,5-8H2,(H,14,15)(H,16,17). The van der Waals surface area contributed by atoms with Crippen molar-refractivity contribution in [2.45, 2.75) is 18.9 Å². The first-order valence-electron chi connectivity index (χ1n) is 6.18. The normalized spacial score (nSPS) is 20.5. The van der Waals surface area contributed by atoms with Gasteiger partial charge < -0.3 is 10.4 Å². The Kier molecular flexibility index (Phi) is 4.08. The summed E-state index contributed by atoms with van der Waals surface area (Å²) < 4.78 is 22.6. The lowest BCUT2D eigenvalue weighted by molar-refractivity contribution is -0.121. The second kappa shape index (κ2) is 5.62. The van der Waals surface area contributed by atoms with Gasteiger partial charge in [0.15, 0.2) is 9.84 Å². The Labute approximate surface area is 116 Å². The molecule has 1 amide bonds. The summed E-state index contributed by atoms with van der Waals surface area (Å²) in [5.74, 6) is -1.40. The molecule has 1 aliphatic rings. The lowest BCUT2D eigenvalue weighted by Crippen LogP contribution is -2.36. The van der Waals surface area contributed by atoms with Gasteiger partial charge in [0.2, 0.25) is 5.91 Å². The van der Waals surface area contributed by atoms with E-state index in [1.165, 1.54) is 6.07 Å². The Morgan fingerprint density at radius 1 is 1.30 bits per heavy atom. The number of rotatable bonds is 4. The molecule has 0 aromatic heterocycles. The van der Waals surface area contributed by atoms with Crippen molar-refractivity contribution < 1.29 is 23.1 Å². The van der Waals surface area contributed by atoms with Gasteiger partial charge in [-0.25, -0.2) is 13.2 Å². The maximum Gasteiger partial charge on any atom is 0.335 e. The second-order valence-corrected chi connectivity index (χ2v) is 7.04. The van der Waals surface area contributed by atoms with Gasteiger partial charge in [-0.05, 0) is 18.1 Å². The first-order chi connectivity index (χ1) is 9.37. The van der Waals surface area contributed by atoms with Crippen molar-refractivity contribution in [2.24, 2.45) is 0 Å². The number of carboxylic acids is 1. The smallest absolute Gasteiger partial charge is 0.335 e. The molecule has 20 heavy (non-hydrogen) atoms. The molecule has 0 aliphatic carbocycles. The summed E-state index contributed by atoms with van der Waals surface area (Å²) in [6.07, 6.45) is 0.341. The Morgan fingerprint density at radius 3 is 2.60 bits per heavy atom. The van der Waals surface area contributed by atoms with Gasteiger partial charge in [0.05, 0.1) is 23.5 Å². The minimum Gasteiger partial charge on any atom is -0.478 e. The van der Waals surface area contributed by atoms with E-state index in [-0.39, 0.29) is 35.4 Å². The van der Waals surface area contributed by atoms with E-state index in [4.69, 9.17) is 5.11 Å². The van der Waals surface area contributed by atoms with Gasteiger partial charge in [-0.2, -0.15) is 0 Å². The predicted molar refractivity (Wildman–Crippen MR) is 72.3 cm³/mol. The maximum atomic E-state index is 11.9. The van der Waals surface area contributed by atoms with E-state index < -0.39 is 15.8 Å². The highest BCUT2D eigenvalue weighted by molar-refractivity contribution is 7.91. The highest BCUT2D eigenvalue weighted by Crippen LogP contribution is 2.13. The molecule has 0 saturated carbocycles. The number of carbonyl (C=O) groups is 2. The highest BCUT2D eigenvalue weighted by atomic mass is 32.2. The number of sulfone groups is 1. The molecular formula is C13H15NO5S. The fourth-order valence-corrected chi connectivity index (χ4v) is 3.92. The summed E-state index contributed by atoms with van der Waals surface area (Å²) in [7, 11) is -3.04. The number of hydrogen-bond acceptors (Lipinski definition) is 4. The van der Waals surface area contributed by atoms with Crippen molar-refractivity contribution >= 4 is 21.7 Å². The summed E-state index contributed by atoms with van der Waals surface area (Å²) in [4.78, 5) is 22.9. The van der Waals surface area contributed by atoms with Crippen LogP contribution in [0.1, 0.15) is 22.3 Å². The summed E-state index contributed by atoms with van der Waals surface area (Å²) in [6, 6.07) is 5.90. The maximum absolute atomic E-state index is 11.9. The number of amides is 1. The van der Waals surface area contributed by atoms with Crippen LogP contribution in [0.4, 0.5) is 0 Å². The van der Waals surface area contributed by atoms with Crippen LogP contribution in [0.2, 0.25) is 0 Å².